The van der Waals surface area contributed by atoms with E-state index in [2.05, 4.69) is 0 Å². The molecule has 5 heteroatoms. The number of nitrogens with zero attached hydrogens (tertiary/aromatic N) is 1. The monoisotopic (exact) mass is 233 g/mol. The highest BCUT2D eigenvalue weighted by molar-refractivity contribution is 6.32. The Bertz CT molecular complexity index is 350. The van der Waals surface area contributed by atoms with Crippen molar-refractivity contribution >= 4 is 29.1 Å². The van der Waals surface area contributed by atoms with E-state index in [1.54, 1.807) is 11.0 Å². The van der Waals surface area contributed by atoms with Crippen LogP contribution in [0.3, 0.4) is 0 Å². The van der Waals surface area contributed by atoms with Crippen molar-refractivity contribution in [3.05, 3.63) is 23.1 Å². The normalized spacial score (nSPS) is 21.6. The number of carbonyl (C=O) groups excluding carboxylic acids is 1. The van der Waals surface area contributed by atoms with Crippen molar-refractivity contribution in [1.82, 2.24) is 4.90 Å². The first-order chi connectivity index (χ1) is 6.68. The number of rotatable bonds is 1. The second kappa shape index (κ2) is 3.83. The molecule has 1 aliphatic rings. The molecular formula is C9H9Cl2NO2. The summed E-state index contributed by atoms with van der Waals surface area (Å²) in [4.78, 5) is 13.5. The molecule has 1 saturated heterocycles. The first-order valence-corrected chi connectivity index (χ1v) is 5.16. The number of amides is 1. The van der Waals surface area contributed by atoms with Crippen LogP contribution in [0.4, 0.5) is 0 Å². The first-order valence-electron chi connectivity index (χ1n) is 4.35. The molecule has 1 amide bonds. The minimum Gasteiger partial charge on any atom is -0.452 e. The van der Waals surface area contributed by atoms with E-state index in [1.165, 1.54) is 6.26 Å². The number of halogens is 2. The Balaban J connectivity index is 2.13. The van der Waals surface area contributed by atoms with Crippen LogP contribution in [0, 0.1) is 0 Å². The molecule has 3 nitrogen and oxygen atoms in total. The van der Waals surface area contributed by atoms with E-state index in [9.17, 15) is 4.79 Å². The maximum Gasteiger partial charge on any atom is 0.258 e. The smallest absolute Gasteiger partial charge is 0.258 e. The van der Waals surface area contributed by atoms with Gasteiger partial charge in [-0.15, -0.1) is 11.6 Å². The lowest BCUT2D eigenvalue weighted by molar-refractivity contribution is 0.0792. The van der Waals surface area contributed by atoms with Crippen LogP contribution in [-0.2, 0) is 0 Å². The van der Waals surface area contributed by atoms with Gasteiger partial charge in [-0.3, -0.25) is 4.79 Å². The predicted octanol–water partition coefficient (Wildman–Crippen LogP) is 2.39. The molecule has 1 unspecified atom stereocenters. The fraction of sp³-hybridized carbons (Fsp3) is 0.444. The molecule has 0 spiro atoms. The van der Waals surface area contributed by atoms with Gasteiger partial charge in [0.1, 0.15) is 0 Å². The number of furan rings is 1. The lowest BCUT2D eigenvalue weighted by Gasteiger charge is -2.13. The Morgan fingerprint density at radius 3 is 2.93 bits per heavy atom. The number of likely N-dealkylation sites (tertiary alicyclic amines) is 1. The van der Waals surface area contributed by atoms with Crippen LogP contribution in [0.15, 0.2) is 16.7 Å². The van der Waals surface area contributed by atoms with Gasteiger partial charge in [-0.1, -0.05) is 0 Å². The Morgan fingerprint density at radius 1 is 1.64 bits per heavy atom. The lowest BCUT2D eigenvalue weighted by Crippen LogP contribution is -2.28. The third kappa shape index (κ3) is 1.74. The zero-order valence-electron chi connectivity index (χ0n) is 7.37. The zero-order valence-corrected chi connectivity index (χ0v) is 8.88. The summed E-state index contributed by atoms with van der Waals surface area (Å²) < 4.78 is 4.86. The highest BCUT2D eigenvalue weighted by Crippen LogP contribution is 2.22. The quantitative estimate of drug-likeness (QED) is 0.699. The van der Waals surface area contributed by atoms with Crippen molar-refractivity contribution in [2.45, 2.75) is 11.8 Å². The second-order valence-corrected chi connectivity index (χ2v) is 4.21. The number of carbonyl (C=O) groups is 1. The summed E-state index contributed by atoms with van der Waals surface area (Å²) >= 11 is 11.6. The van der Waals surface area contributed by atoms with Crippen molar-refractivity contribution in [3.63, 3.8) is 0 Å². The van der Waals surface area contributed by atoms with Gasteiger partial charge in [-0.25, -0.2) is 0 Å². The van der Waals surface area contributed by atoms with Gasteiger partial charge < -0.3 is 9.32 Å². The summed E-state index contributed by atoms with van der Waals surface area (Å²) in [6.45, 7) is 1.27. The molecule has 14 heavy (non-hydrogen) atoms. The fourth-order valence-electron chi connectivity index (χ4n) is 1.52. The van der Waals surface area contributed by atoms with Gasteiger partial charge in [0.05, 0.1) is 17.2 Å². The summed E-state index contributed by atoms with van der Waals surface area (Å²) in [7, 11) is 0. The van der Waals surface area contributed by atoms with Crippen molar-refractivity contribution in [2.24, 2.45) is 0 Å². The summed E-state index contributed by atoms with van der Waals surface area (Å²) in [6, 6.07) is 1.58. The fourth-order valence-corrected chi connectivity index (χ4v) is 1.98. The van der Waals surface area contributed by atoms with Crippen LogP contribution in [0.2, 0.25) is 5.22 Å². The molecule has 76 valence electrons. The molecule has 1 aromatic rings. The standard InChI is InChI=1S/C9H9Cl2NO2/c10-6-1-3-12(5-6)9(13)7-2-4-14-8(7)11/h2,4,6H,1,3,5H2. The molecule has 0 bridgehead atoms. The Morgan fingerprint density at radius 2 is 2.43 bits per heavy atom. The number of hydrogen-bond acceptors (Lipinski definition) is 2. The molecule has 2 heterocycles. The Kier molecular flexibility index (Phi) is 2.70. The molecule has 0 aliphatic carbocycles. The van der Waals surface area contributed by atoms with E-state index in [0.29, 0.717) is 18.7 Å². The second-order valence-electron chi connectivity index (χ2n) is 3.25. The van der Waals surface area contributed by atoms with Crippen LogP contribution < -0.4 is 0 Å². The molecule has 1 atom stereocenters. The Hall–Kier alpha value is -0.670. The topological polar surface area (TPSA) is 33.5 Å². The highest BCUT2D eigenvalue weighted by atomic mass is 35.5. The van der Waals surface area contributed by atoms with Gasteiger partial charge in [0.15, 0.2) is 0 Å². The molecule has 0 aromatic carbocycles. The molecular weight excluding hydrogens is 225 g/mol. The highest BCUT2D eigenvalue weighted by Gasteiger charge is 2.27. The van der Waals surface area contributed by atoms with Gasteiger partial charge in [-0.05, 0) is 24.1 Å². The minimum absolute atomic E-state index is 0.0598. The number of hydrogen-bond donors (Lipinski definition) is 0. The SMILES string of the molecule is O=C(c1ccoc1Cl)N1CCC(Cl)C1. The van der Waals surface area contributed by atoms with Gasteiger partial charge in [0.25, 0.3) is 5.91 Å². The third-order valence-electron chi connectivity index (χ3n) is 2.27. The largest absolute Gasteiger partial charge is 0.452 e. The van der Waals surface area contributed by atoms with Crippen LogP contribution in [0.5, 0.6) is 0 Å². The van der Waals surface area contributed by atoms with Crippen LogP contribution >= 0.6 is 23.2 Å². The van der Waals surface area contributed by atoms with E-state index in [-0.39, 0.29) is 16.5 Å². The van der Waals surface area contributed by atoms with Crippen molar-refractivity contribution in [2.75, 3.05) is 13.1 Å². The van der Waals surface area contributed by atoms with E-state index < -0.39 is 0 Å². The Labute approximate surface area is 91.6 Å². The molecule has 2 rings (SSSR count). The van der Waals surface area contributed by atoms with Crippen LogP contribution in [0.25, 0.3) is 0 Å². The molecule has 1 fully saturated rings. The van der Waals surface area contributed by atoms with Gasteiger partial charge in [0, 0.05) is 13.1 Å². The predicted molar refractivity (Wildman–Crippen MR) is 53.9 cm³/mol. The molecule has 0 N–H and O–H groups in total. The minimum atomic E-state index is -0.105. The average molecular weight is 234 g/mol. The van der Waals surface area contributed by atoms with Gasteiger partial charge >= 0.3 is 0 Å². The summed E-state index contributed by atoms with van der Waals surface area (Å²) in [5.41, 5.74) is 0.414. The molecule has 0 saturated carbocycles. The van der Waals surface area contributed by atoms with Crippen molar-refractivity contribution in [1.29, 1.82) is 0 Å². The zero-order chi connectivity index (χ0) is 10.1. The van der Waals surface area contributed by atoms with E-state index >= 15 is 0 Å². The van der Waals surface area contributed by atoms with Crippen molar-refractivity contribution in [3.8, 4) is 0 Å². The molecule has 1 aromatic heterocycles. The summed E-state index contributed by atoms with van der Waals surface area (Å²) in [5.74, 6) is -0.105. The maximum atomic E-state index is 11.8. The lowest BCUT2D eigenvalue weighted by atomic mass is 10.3. The van der Waals surface area contributed by atoms with Gasteiger partial charge in [0.2, 0.25) is 5.22 Å². The van der Waals surface area contributed by atoms with E-state index in [4.69, 9.17) is 27.6 Å². The van der Waals surface area contributed by atoms with E-state index in [1.807, 2.05) is 0 Å². The maximum absolute atomic E-state index is 11.8. The third-order valence-corrected chi connectivity index (χ3v) is 2.92. The summed E-state index contributed by atoms with van der Waals surface area (Å²) in [5, 5.41) is 0.206. The first kappa shape index (κ1) is 9.87. The van der Waals surface area contributed by atoms with Crippen LogP contribution in [-0.4, -0.2) is 29.3 Å². The van der Waals surface area contributed by atoms with Crippen LogP contribution in [0.1, 0.15) is 16.8 Å². The molecule has 1 aliphatic heterocycles. The summed E-state index contributed by atoms with van der Waals surface area (Å²) in [6.07, 6.45) is 2.24. The van der Waals surface area contributed by atoms with Crippen molar-refractivity contribution < 1.29 is 9.21 Å². The molecule has 0 radical (unpaired) electrons. The number of alkyl halides is 1. The average Bonchev–Trinajstić information content (AvgIpc) is 2.73. The van der Waals surface area contributed by atoms with Gasteiger partial charge in [-0.2, -0.15) is 0 Å². The van der Waals surface area contributed by atoms with E-state index in [0.717, 1.165) is 6.42 Å².